The van der Waals surface area contributed by atoms with Gasteiger partial charge in [0.05, 0.1) is 5.52 Å². The lowest BCUT2D eigenvalue weighted by Gasteiger charge is -2.27. The van der Waals surface area contributed by atoms with Crippen LogP contribution < -0.4 is 11.0 Å². The second-order valence-corrected chi connectivity index (χ2v) is 7.24. The lowest BCUT2D eigenvalue weighted by Crippen LogP contribution is -2.31. The van der Waals surface area contributed by atoms with Gasteiger partial charge in [0.1, 0.15) is 0 Å². The van der Waals surface area contributed by atoms with E-state index in [-0.39, 0.29) is 17.5 Å². The van der Waals surface area contributed by atoms with Gasteiger partial charge >= 0.3 is 5.69 Å². The molecule has 0 spiro atoms. The Morgan fingerprint density at radius 2 is 1.89 bits per heavy atom. The van der Waals surface area contributed by atoms with Crippen LogP contribution in [-0.4, -0.2) is 25.0 Å². The van der Waals surface area contributed by atoms with Crippen molar-refractivity contribution in [2.24, 2.45) is 18.9 Å². The average Bonchev–Trinajstić information content (AvgIpc) is 2.94. The maximum Gasteiger partial charge on any atom is 0.330 e. The van der Waals surface area contributed by atoms with Crippen LogP contribution in [0.3, 0.4) is 0 Å². The largest absolute Gasteiger partial charge is 0.330 e. The van der Waals surface area contributed by atoms with Gasteiger partial charge in [-0.15, -0.1) is 0 Å². The second-order valence-electron chi connectivity index (χ2n) is 7.24. The molecule has 0 aromatic carbocycles. The maximum absolute atomic E-state index is 12.6. The van der Waals surface area contributed by atoms with Crippen LogP contribution in [0.5, 0.6) is 0 Å². The van der Waals surface area contributed by atoms with E-state index in [1.165, 1.54) is 0 Å². The molecule has 1 aliphatic rings. The summed E-state index contributed by atoms with van der Waals surface area (Å²) >= 11 is 0. The fraction of sp³-hybridized carbons (Fsp3) is 0.400. The van der Waals surface area contributed by atoms with Crippen molar-refractivity contribution >= 4 is 22.8 Å². The molecular weight excluding hydrogens is 342 g/mol. The zero-order valence-electron chi connectivity index (χ0n) is 15.3. The fourth-order valence-electron chi connectivity index (χ4n) is 3.94. The number of imidazole rings is 1. The molecule has 0 bridgehead atoms. The Morgan fingerprint density at radius 3 is 2.63 bits per heavy atom. The van der Waals surface area contributed by atoms with E-state index in [1.54, 1.807) is 46.9 Å². The first-order chi connectivity index (χ1) is 13.1. The van der Waals surface area contributed by atoms with Gasteiger partial charge in [-0.25, -0.2) is 9.78 Å². The number of nitrogens with one attached hydrogen (secondary N) is 1. The number of aryl methyl sites for hydroxylation is 1. The van der Waals surface area contributed by atoms with Crippen molar-refractivity contribution in [2.45, 2.75) is 32.2 Å². The third-order valence-corrected chi connectivity index (χ3v) is 5.51. The van der Waals surface area contributed by atoms with E-state index in [4.69, 9.17) is 0 Å². The van der Waals surface area contributed by atoms with Crippen LogP contribution >= 0.6 is 0 Å². The zero-order valence-corrected chi connectivity index (χ0v) is 15.3. The number of pyridine rings is 2. The van der Waals surface area contributed by atoms with Crippen molar-refractivity contribution in [3.63, 3.8) is 0 Å². The predicted molar refractivity (Wildman–Crippen MR) is 103 cm³/mol. The number of hydrogen-bond acceptors (Lipinski definition) is 4. The minimum absolute atomic E-state index is 0.0248. The van der Waals surface area contributed by atoms with Crippen LogP contribution in [0.25, 0.3) is 11.2 Å². The van der Waals surface area contributed by atoms with E-state index in [0.29, 0.717) is 12.5 Å². The quantitative estimate of drug-likeness (QED) is 0.770. The number of rotatable bonds is 4. The number of anilines is 1. The SMILES string of the molecule is Cn1c(=O)n(CC2CCC(C(=O)Nc3ccncc3)CC2)c2ncccc21. The summed E-state index contributed by atoms with van der Waals surface area (Å²) in [5.41, 5.74) is 2.35. The van der Waals surface area contributed by atoms with Gasteiger partial charge in [0.25, 0.3) is 0 Å². The van der Waals surface area contributed by atoms with Gasteiger partial charge in [-0.2, -0.15) is 0 Å². The average molecular weight is 365 g/mol. The maximum atomic E-state index is 12.6. The van der Waals surface area contributed by atoms with Crippen LogP contribution in [0.4, 0.5) is 5.69 Å². The molecule has 27 heavy (non-hydrogen) atoms. The van der Waals surface area contributed by atoms with Crippen molar-refractivity contribution < 1.29 is 4.79 Å². The molecule has 4 rings (SSSR count). The molecule has 1 saturated carbocycles. The molecule has 1 aliphatic carbocycles. The monoisotopic (exact) mass is 365 g/mol. The first-order valence-corrected chi connectivity index (χ1v) is 9.34. The van der Waals surface area contributed by atoms with Gasteiger partial charge in [-0.3, -0.25) is 18.9 Å². The molecule has 3 heterocycles. The van der Waals surface area contributed by atoms with Crippen molar-refractivity contribution in [1.82, 2.24) is 19.1 Å². The van der Waals surface area contributed by atoms with Crippen LogP contribution in [0.1, 0.15) is 25.7 Å². The van der Waals surface area contributed by atoms with E-state index in [2.05, 4.69) is 15.3 Å². The van der Waals surface area contributed by atoms with Gasteiger partial charge in [0.15, 0.2) is 5.65 Å². The highest BCUT2D eigenvalue weighted by molar-refractivity contribution is 5.92. The predicted octanol–water partition coefficient (Wildman–Crippen LogP) is 2.58. The smallest absolute Gasteiger partial charge is 0.326 e. The van der Waals surface area contributed by atoms with E-state index in [0.717, 1.165) is 42.5 Å². The molecule has 0 saturated heterocycles. The van der Waals surface area contributed by atoms with E-state index >= 15 is 0 Å². The standard InChI is InChI=1S/C20H23N5O2/c1-24-17-3-2-10-22-18(17)25(20(24)27)13-14-4-6-15(7-5-14)19(26)23-16-8-11-21-12-9-16/h2-3,8-12,14-15H,4-7,13H2,1H3,(H,21,23,26). The molecule has 3 aromatic rings. The zero-order chi connectivity index (χ0) is 18.8. The summed E-state index contributed by atoms with van der Waals surface area (Å²) in [6.07, 6.45) is 8.61. The molecule has 140 valence electrons. The Hall–Kier alpha value is -2.96. The first-order valence-electron chi connectivity index (χ1n) is 9.34. The molecule has 3 aromatic heterocycles. The molecule has 0 aliphatic heterocycles. The van der Waals surface area contributed by atoms with E-state index in [1.807, 2.05) is 12.1 Å². The highest BCUT2D eigenvalue weighted by Crippen LogP contribution is 2.31. The molecular formula is C20H23N5O2. The number of hydrogen-bond donors (Lipinski definition) is 1. The molecule has 0 unspecified atom stereocenters. The normalized spacial score (nSPS) is 19.9. The van der Waals surface area contributed by atoms with Crippen molar-refractivity contribution in [1.29, 1.82) is 0 Å². The number of fused-ring (bicyclic) bond motifs is 1. The number of nitrogens with zero attached hydrogens (tertiary/aromatic N) is 4. The molecule has 7 nitrogen and oxygen atoms in total. The van der Waals surface area contributed by atoms with Crippen molar-refractivity contribution in [3.8, 4) is 0 Å². The third-order valence-electron chi connectivity index (χ3n) is 5.51. The topological polar surface area (TPSA) is 81.8 Å². The van der Waals surface area contributed by atoms with Crippen LogP contribution in [-0.2, 0) is 18.4 Å². The first kappa shape index (κ1) is 17.5. The molecule has 0 radical (unpaired) electrons. The summed E-state index contributed by atoms with van der Waals surface area (Å²) in [6.45, 7) is 0.659. The lowest BCUT2D eigenvalue weighted by atomic mass is 9.81. The van der Waals surface area contributed by atoms with Gasteiger partial charge in [0, 0.05) is 43.8 Å². The highest BCUT2D eigenvalue weighted by Gasteiger charge is 2.27. The van der Waals surface area contributed by atoms with Gasteiger partial charge in [-0.05, 0) is 55.9 Å². The van der Waals surface area contributed by atoms with Gasteiger partial charge < -0.3 is 5.32 Å². The van der Waals surface area contributed by atoms with Crippen LogP contribution in [0.15, 0.2) is 47.7 Å². The number of amides is 1. The molecule has 0 atom stereocenters. The van der Waals surface area contributed by atoms with Crippen molar-refractivity contribution in [2.75, 3.05) is 5.32 Å². The number of carbonyl (C=O) groups is 1. The Labute approximate surface area is 157 Å². The summed E-state index contributed by atoms with van der Waals surface area (Å²) in [7, 11) is 1.78. The van der Waals surface area contributed by atoms with Gasteiger partial charge in [-0.1, -0.05) is 0 Å². The number of carbonyl (C=O) groups excluding carboxylic acids is 1. The van der Waals surface area contributed by atoms with Gasteiger partial charge in [0.2, 0.25) is 5.91 Å². The van der Waals surface area contributed by atoms with E-state index < -0.39 is 0 Å². The van der Waals surface area contributed by atoms with Crippen molar-refractivity contribution in [3.05, 3.63) is 53.3 Å². The lowest BCUT2D eigenvalue weighted by molar-refractivity contribution is -0.121. The minimum atomic E-state index is -0.0266. The number of aromatic nitrogens is 4. The summed E-state index contributed by atoms with van der Waals surface area (Å²) < 4.78 is 3.42. The molecule has 1 N–H and O–H groups in total. The van der Waals surface area contributed by atoms with E-state index in [9.17, 15) is 9.59 Å². The van der Waals surface area contributed by atoms with Crippen LogP contribution in [0, 0.1) is 11.8 Å². The Kier molecular flexibility index (Phi) is 4.75. The molecule has 7 heteroatoms. The van der Waals surface area contributed by atoms with Crippen LogP contribution in [0.2, 0.25) is 0 Å². The summed E-state index contributed by atoms with van der Waals surface area (Å²) in [5.74, 6) is 0.487. The summed E-state index contributed by atoms with van der Waals surface area (Å²) in [4.78, 5) is 33.4. The third kappa shape index (κ3) is 3.49. The Balaban J connectivity index is 1.40. The highest BCUT2D eigenvalue weighted by atomic mass is 16.2. The molecule has 1 fully saturated rings. The summed E-state index contributed by atoms with van der Waals surface area (Å²) in [5, 5.41) is 2.97. The molecule has 1 amide bonds. The summed E-state index contributed by atoms with van der Waals surface area (Å²) in [6, 6.07) is 7.35. The Bertz CT molecular complexity index is 1000. The second kappa shape index (κ2) is 7.34. The minimum Gasteiger partial charge on any atom is -0.326 e. The fourth-order valence-corrected chi connectivity index (χ4v) is 3.94. The Morgan fingerprint density at radius 1 is 1.15 bits per heavy atom.